The monoisotopic (exact) mass is 263 g/mol. The standard InChI is InChI=1S/C16H22ClN/c1-11(2)9-18-6-5-15-14(10-18)7-13(12(3)4)8-16(15)17/h7-8,12H,1,5-6,9-10H2,2-4H3. The normalized spacial score (nSPS) is 15.8. The maximum absolute atomic E-state index is 6.41. The third-order valence-corrected chi connectivity index (χ3v) is 3.88. The Hall–Kier alpha value is -0.790. The lowest BCUT2D eigenvalue weighted by molar-refractivity contribution is 0.276. The van der Waals surface area contributed by atoms with Crippen molar-refractivity contribution in [3.63, 3.8) is 0 Å². The summed E-state index contributed by atoms with van der Waals surface area (Å²) >= 11 is 6.41. The second-order valence-electron chi connectivity index (χ2n) is 5.71. The highest BCUT2D eigenvalue weighted by Crippen LogP contribution is 2.30. The molecule has 0 spiro atoms. The molecule has 1 aliphatic heterocycles. The first kappa shape index (κ1) is 13.6. The molecule has 18 heavy (non-hydrogen) atoms. The van der Waals surface area contributed by atoms with Crippen LogP contribution >= 0.6 is 11.6 Å². The molecule has 1 aliphatic rings. The zero-order valence-electron chi connectivity index (χ0n) is 11.6. The fourth-order valence-electron chi connectivity index (χ4n) is 2.58. The van der Waals surface area contributed by atoms with Crippen molar-refractivity contribution < 1.29 is 0 Å². The molecular weight excluding hydrogens is 242 g/mol. The van der Waals surface area contributed by atoms with E-state index in [1.54, 1.807) is 0 Å². The van der Waals surface area contributed by atoms with E-state index in [1.807, 2.05) is 0 Å². The van der Waals surface area contributed by atoms with Crippen molar-refractivity contribution in [1.82, 2.24) is 4.90 Å². The van der Waals surface area contributed by atoms with Gasteiger partial charge in [0.05, 0.1) is 0 Å². The Morgan fingerprint density at radius 1 is 1.44 bits per heavy atom. The van der Waals surface area contributed by atoms with Crippen LogP contribution in [-0.4, -0.2) is 18.0 Å². The number of fused-ring (bicyclic) bond motifs is 1. The number of nitrogens with zero attached hydrogens (tertiary/aromatic N) is 1. The molecule has 1 nitrogen and oxygen atoms in total. The highest BCUT2D eigenvalue weighted by atomic mass is 35.5. The van der Waals surface area contributed by atoms with Gasteiger partial charge in [-0.2, -0.15) is 0 Å². The van der Waals surface area contributed by atoms with Gasteiger partial charge in [-0.15, -0.1) is 0 Å². The summed E-state index contributed by atoms with van der Waals surface area (Å²) in [6, 6.07) is 4.47. The van der Waals surface area contributed by atoms with Gasteiger partial charge in [-0.3, -0.25) is 4.90 Å². The van der Waals surface area contributed by atoms with Crippen LogP contribution in [-0.2, 0) is 13.0 Å². The van der Waals surface area contributed by atoms with Gasteiger partial charge < -0.3 is 0 Å². The van der Waals surface area contributed by atoms with Gasteiger partial charge in [-0.25, -0.2) is 0 Å². The van der Waals surface area contributed by atoms with Crippen LogP contribution in [0.1, 0.15) is 43.4 Å². The van der Waals surface area contributed by atoms with E-state index in [4.69, 9.17) is 11.6 Å². The molecule has 0 N–H and O–H groups in total. The minimum atomic E-state index is 0.532. The van der Waals surface area contributed by atoms with Gasteiger partial charge in [-0.05, 0) is 42.0 Å². The summed E-state index contributed by atoms with van der Waals surface area (Å²) in [7, 11) is 0. The van der Waals surface area contributed by atoms with Crippen LogP contribution in [0.3, 0.4) is 0 Å². The average molecular weight is 264 g/mol. The van der Waals surface area contributed by atoms with Crippen LogP contribution < -0.4 is 0 Å². The molecule has 0 bridgehead atoms. The third-order valence-electron chi connectivity index (χ3n) is 3.54. The van der Waals surface area contributed by atoms with Crippen molar-refractivity contribution in [1.29, 1.82) is 0 Å². The molecule has 0 saturated heterocycles. The largest absolute Gasteiger partial charge is 0.295 e. The van der Waals surface area contributed by atoms with Crippen LogP contribution in [0.4, 0.5) is 0 Å². The minimum absolute atomic E-state index is 0.532. The quantitative estimate of drug-likeness (QED) is 0.731. The first-order valence-electron chi connectivity index (χ1n) is 6.65. The molecule has 2 heteroatoms. The molecular formula is C16H22ClN. The van der Waals surface area contributed by atoms with Crippen molar-refractivity contribution >= 4 is 11.6 Å². The lowest BCUT2D eigenvalue weighted by atomic mass is 9.93. The van der Waals surface area contributed by atoms with Crippen LogP contribution in [0.25, 0.3) is 0 Å². The van der Waals surface area contributed by atoms with E-state index in [0.29, 0.717) is 5.92 Å². The van der Waals surface area contributed by atoms with E-state index in [0.717, 1.165) is 31.1 Å². The second kappa shape index (κ2) is 5.46. The van der Waals surface area contributed by atoms with Gasteiger partial charge in [-0.1, -0.05) is 43.7 Å². The van der Waals surface area contributed by atoms with E-state index in [9.17, 15) is 0 Å². The van der Waals surface area contributed by atoms with Gasteiger partial charge in [0.25, 0.3) is 0 Å². The fraction of sp³-hybridized carbons (Fsp3) is 0.500. The molecule has 0 radical (unpaired) electrons. The zero-order valence-corrected chi connectivity index (χ0v) is 12.3. The Morgan fingerprint density at radius 2 is 2.17 bits per heavy atom. The Morgan fingerprint density at radius 3 is 2.78 bits per heavy atom. The fourth-order valence-corrected chi connectivity index (χ4v) is 2.92. The maximum atomic E-state index is 6.41. The van der Waals surface area contributed by atoms with Crippen molar-refractivity contribution in [2.45, 2.75) is 39.7 Å². The molecule has 1 aromatic carbocycles. The third kappa shape index (κ3) is 2.96. The molecule has 0 fully saturated rings. The van der Waals surface area contributed by atoms with E-state index < -0.39 is 0 Å². The summed E-state index contributed by atoms with van der Waals surface area (Å²) in [5.41, 5.74) is 5.32. The van der Waals surface area contributed by atoms with Crippen LogP contribution in [0.15, 0.2) is 24.3 Å². The van der Waals surface area contributed by atoms with Gasteiger partial charge in [0.15, 0.2) is 0 Å². The number of benzene rings is 1. The highest BCUT2D eigenvalue weighted by molar-refractivity contribution is 6.31. The Kier molecular flexibility index (Phi) is 4.14. The molecule has 1 heterocycles. The van der Waals surface area contributed by atoms with E-state index in [2.05, 4.69) is 44.4 Å². The maximum Gasteiger partial charge on any atom is 0.0444 e. The van der Waals surface area contributed by atoms with Crippen molar-refractivity contribution in [2.75, 3.05) is 13.1 Å². The zero-order chi connectivity index (χ0) is 13.3. The molecule has 0 amide bonds. The molecule has 0 atom stereocenters. The predicted octanol–water partition coefficient (Wildman–Crippen LogP) is 4.40. The molecule has 0 unspecified atom stereocenters. The Balaban J connectivity index is 2.27. The lowest BCUT2D eigenvalue weighted by Crippen LogP contribution is -2.32. The van der Waals surface area contributed by atoms with E-state index in [-0.39, 0.29) is 0 Å². The molecule has 1 aromatic rings. The van der Waals surface area contributed by atoms with Gasteiger partial charge in [0.2, 0.25) is 0 Å². The average Bonchev–Trinajstić information content (AvgIpc) is 2.27. The number of rotatable bonds is 3. The SMILES string of the molecule is C=C(C)CN1CCc2c(Cl)cc(C(C)C)cc2C1. The molecule has 0 saturated carbocycles. The summed E-state index contributed by atoms with van der Waals surface area (Å²) in [5.74, 6) is 0.532. The lowest BCUT2D eigenvalue weighted by Gasteiger charge is -2.30. The van der Waals surface area contributed by atoms with Gasteiger partial charge in [0, 0.05) is 24.7 Å². The van der Waals surface area contributed by atoms with Crippen LogP contribution in [0.2, 0.25) is 5.02 Å². The molecule has 0 aliphatic carbocycles. The second-order valence-corrected chi connectivity index (χ2v) is 6.12. The Bertz CT molecular complexity index is 462. The predicted molar refractivity (Wildman–Crippen MR) is 79.3 cm³/mol. The summed E-state index contributed by atoms with van der Waals surface area (Å²) < 4.78 is 0. The summed E-state index contributed by atoms with van der Waals surface area (Å²) in [6.07, 6.45) is 1.06. The van der Waals surface area contributed by atoms with E-state index in [1.165, 1.54) is 22.3 Å². The van der Waals surface area contributed by atoms with Gasteiger partial charge in [0.1, 0.15) is 0 Å². The van der Waals surface area contributed by atoms with Crippen molar-refractivity contribution in [3.05, 3.63) is 46.0 Å². The number of hydrogen-bond donors (Lipinski definition) is 0. The highest BCUT2D eigenvalue weighted by Gasteiger charge is 2.19. The molecule has 98 valence electrons. The number of halogens is 1. The first-order valence-corrected chi connectivity index (χ1v) is 7.03. The van der Waals surface area contributed by atoms with Crippen LogP contribution in [0.5, 0.6) is 0 Å². The van der Waals surface area contributed by atoms with Crippen molar-refractivity contribution in [3.8, 4) is 0 Å². The van der Waals surface area contributed by atoms with E-state index >= 15 is 0 Å². The minimum Gasteiger partial charge on any atom is -0.295 e. The number of hydrogen-bond acceptors (Lipinski definition) is 1. The summed E-state index contributed by atoms with van der Waals surface area (Å²) in [6.45, 7) is 13.6. The van der Waals surface area contributed by atoms with Crippen molar-refractivity contribution in [2.24, 2.45) is 0 Å². The molecule has 2 rings (SSSR count). The topological polar surface area (TPSA) is 3.24 Å². The smallest absolute Gasteiger partial charge is 0.0444 e. The first-order chi connectivity index (χ1) is 8.47. The van der Waals surface area contributed by atoms with Gasteiger partial charge >= 0.3 is 0 Å². The van der Waals surface area contributed by atoms with Crippen LogP contribution in [0, 0.1) is 0 Å². The Labute approximate surface area is 115 Å². The molecule has 0 aromatic heterocycles. The summed E-state index contributed by atoms with van der Waals surface area (Å²) in [4.78, 5) is 2.45. The summed E-state index contributed by atoms with van der Waals surface area (Å²) in [5, 5.41) is 0.950.